The minimum absolute atomic E-state index is 0.0218. The Morgan fingerprint density at radius 2 is 0.534 bits per heavy atom. The van der Waals surface area contributed by atoms with E-state index in [4.69, 9.17) is 4.74 Å². The van der Waals surface area contributed by atoms with Crippen LogP contribution in [0.2, 0.25) is 0 Å². The van der Waals surface area contributed by atoms with Gasteiger partial charge in [-0.15, -0.1) is 0 Å². The van der Waals surface area contributed by atoms with Gasteiger partial charge in [0.2, 0.25) is 5.91 Å². The van der Waals surface area contributed by atoms with E-state index in [-0.39, 0.29) is 18.5 Å². The lowest BCUT2D eigenvalue weighted by atomic mass is 10.0. The predicted octanol–water partition coefficient (Wildman–Crippen LogP) is 26.8. The van der Waals surface area contributed by atoms with Gasteiger partial charge in [0.15, 0.2) is 0 Å². The fourth-order valence-corrected chi connectivity index (χ4v) is 13.0. The molecule has 0 heterocycles. The molecule has 522 valence electrons. The summed E-state index contributed by atoms with van der Waals surface area (Å²) in [5.41, 5.74) is 0. The van der Waals surface area contributed by atoms with Crippen molar-refractivity contribution in [1.29, 1.82) is 0 Å². The third-order valence-electron chi connectivity index (χ3n) is 19.2. The minimum Gasteiger partial charge on any atom is -0.466 e. The van der Waals surface area contributed by atoms with E-state index in [2.05, 4.69) is 31.3 Å². The van der Waals surface area contributed by atoms with Crippen molar-refractivity contribution in [2.75, 3.05) is 13.2 Å². The number of hydrogen-bond acceptors (Lipinski definition) is 5. The Bertz CT molecular complexity index is 1380. The molecule has 0 aliphatic carbocycles. The van der Waals surface area contributed by atoms with E-state index in [0.29, 0.717) is 19.4 Å². The van der Waals surface area contributed by atoms with Crippen LogP contribution in [0.25, 0.3) is 0 Å². The molecule has 0 saturated carbocycles. The molecule has 0 fully saturated rings. The number of rotatable bonds is 77. The van der Waals surface area contributed by atoms with E-state index in [9.17, 15) is 19.8 Å². The maximum atomic E-state index is 12.6. The number of amides is 1. The van der Waals surface area contributed by atoms with Gasteiger partial charge in [-0.3, -0.25) is 9.59 Å². The van der Waals surface area contributed by atoms with Gasteiger partial charge in [-0.05, 0) is 57.8 Å². The van der Waals surface area contributed by atoms with E-state index in [1.165, 1.54) is 398 Å². The lowest BCUT2D eigenvalue weighted by molar-refractivity contribution is -0.143. The number of nitrogens with one attached hydrogen (secondary N) is 1. The topological polar surface area (TPSA) is 95.9 Å². The second-order valence-corrected chi connectivity index (χ2v) is 28.1. The van der Waals surface area contributed by atoms with Crippen LogP contribution < -0.4 is 5.32 Å². The number of aliphatic hydroxyl groups excluding tert-OH is 2. The minimum atomic E-state index is -0.845. The molecule has 0 aliphatic heterocycles. The molecule has 2 atom stereocenters. The van der Waals surface area contributed by atoms with Gasteiger partial charge < -0.3 is 20.3 Å². The highest BCUT2D eigenvalue weighted by atomic mass is 16.5. The fraction of sp³-hybridized carbons (Fsp3) is 0.927. The largest absolute Gasteiger partial charge is 0.466 e. The van der Waals surface area contributed by atoms with Gasteiger partial charge in [-0.25, -0.2) is 0 Å². The molecular weight excluding hydrogens is 1080 g/mol. The first kappa shape index (κ1) is 86.3. The molecule has 6 nitrogen and oxygen atoms in total. The molecule has 0 rings (SSSR count). The highest BCUT2D eigenvalue weighted by Gasteiger charge is 2.18. The van der Waals surface area contributed by atoms with Crippen LogP contribution in [0, 0.1) is 0 Å². The van der Waals surface area contributed by atoms with E-state index < -0.39 is 12.1 Å². The first-order valence-electron chi connectivity index (χ1n) is 40.6. The Morgan fingerprint density at radius 3 is 0.807 bits per heavy atom. The number of allylic oxidation sites excluding steroid dienone is 3. The van der Waals surface area contributed by atoms with Gasteiger partial charge in [0.05, 0.1) is 25.4 Å². The van der Waals surface area contributed by atoms with Crippen LogP contribution in [0.3, 0.4) is 0 Å². The molecule has 6 heteroatoms. The van der Waals surface area contributed by atoms with Crippen LogP contribution in [0.1, 0.15) is 463 Å². The zero-order valence-corrected chi connectivity index (χ0v) is 60.0. The summed E-state index contributed by atoms with van der Waals surface area (Å²) in [7, 11) is 0. The maximum Gasteiger partial charge on any atom is 0.305 e. The average molecular weight is 1240 g/mol. The Balaban J connectivity index is 3.38. The van der Waals surface area contributed by atoms with Crippen LogP contribution in [-0.2, 0) is 14.3 Å². The number of ether oxygens (including phenoxy) is 1. The molecule has 0 radical (unpaired) electrons. The number of hydrogen-bond donors (Lipinski definition) is 3. The zero-order valence-electron chi connectivity index (χ0n) is 60.0. The SMILES string of the molecule is CCCCCCCCCCCCCCCCCCCCCCCC/C=C/C(O)C(CO)NC(=O)CCCCCCCCCCCCCCC/C=C\CCCCCCCCCCCCCCOC(=O)CCCCCCCCCCCCCCCCCCCC. The molecule has 0 saturated heterocycles. The monoisotopic (exact) mass is 1240 g/mol. The van der Waals surface area contributed by atoms with Crippen molar-refractivity contribution >= 4 is 11.9 Å². The molecule has 0 aromatic heterocycles. The molecule has 0 aromatic rings. The van der Waals surface area contributed by atoms with Gasteiger partial charge in [-0.2, -0.15) is 0 Å². The van der Waals surface area contributed by atoms with E-state index in [1.54, 1.807) is 6.08 Å². The summed E-state index contributed by atoms with van der Waals surface area (Å²) in [5, 5.41) is 23.3. The van der Waals surface area contributed by atoms with Crippen molar-refractivity contribution in [3.05, 3.63) is 24.3 Å². The van der Waals surface area contributed by atoms with Gasteiger partial charge in [0.25, 0.3) is 0 Å². The smallest absolute Gasteiger partial charge is 0.305 e. The van der Waals surface area contributed by atoms with Crippen LogP contribution in [0.15, 0.2) is 24.3 Å². The summed E-state index contributed by atoms with van der Waals surface area (Å²) in [5.74, 6) is -0.0400. The Labute approximate surface area is 551 Å². The third-order valence-corrected chi connectivity index (χ3v) is 19.2. The van der Waals surface area contributed by atoms with Gasteiger partial charge in [0.1, 0.15) is 0 Å². The van der Waals surface area contributed by atoms with E-state index >= 15 is 0 Å². The number of esters is 1. The molecule has 88 heavy (non-hydrogen) atoms. The standard InChI is InChI=1S/C82H159NO5/c1-3-5-7-9-11-13-15-17-19-21-23-24-25-33-36-39-42-46-50-54-58-62-66-70-74-80(85)79(78-84)83-81(86)75-71-67-63-59-55-51-47-43-40-37-34-31-29-27-26-28-30-32-35-38-41-45-49-53-57-61-65-69-73-77-88-82(87)76-72-68-64-60-56-52-48-44-22-20-18-16-14-12-10-8-6-4-2/h26,28,70,74,79-80,84-85H,3-25,27,29-69,71-73,75-78H2,1-2H3,(H,83,86)/b28-26-,74-70+. The van der Waals surface area contributed by atoms with Crippen LogP contribution in [-0.4, -0.2) is 47.4 Å². The summed E-state index contributed by atoms with van der Waals surface area (Å²) in [6, 6.07) is -0.629. The van der Waals surface area contributed by atoms with Crippen molar-refractivity contribution in [2.45, 2.75) is 475 Å². The maximum absolute atomic E-state index is 12.6. The lowest BCUT2D eigenvalue weighted by Crippen LogP contribution is -2.45. The van der Waals surface area contributed by atoms with Crippen LogP contribution in [0.5, 0.6) is 0 Å². The summed E-state index contributed by atoms with van der Waals surface area (Å²) in [4.78, 5) is 24.7. The second kappa shape index (κ2) is 77.8. The van der Waals surface area contributed by atoms with Crippen LogP contribution >= 0.6 is 0 Å². The fourth-order valence-electron chi connectivity index (χ4n) is 13.0. The van der Waals surface area contributed by atoms with E-state index in [1.807, 2.05) is 6.08 Å². The highest BCUT2D eigenvalue weighted by Crippen LogP contribution is 2.20. The molecule has 1 amide bonds. The normalized spacial score (nSPS) is 12.5. The molecule has 0 aromatic carbocycles. The molecular formula is C82H159NO5. The number of carbonyl (C=O) groups is 2. The summed E-state index contributed by atoms with van der Waals surface area (Å²) >= 11 is 0. The summed E-state index contributed by atoms with van der Waals surface area (Å²) < 4.78 is 5.52. The highest BCUT2D eigenvalue weighted by molar-refractivity contribution is 5.76. The number of unbranched alkanes of at least 4 members (excludes halogenated alkanes) is 64. The summed E-state index contributed by atoms with van der Waals surface area (Å²) in [6.07, 6.45) is 100. The Morgan fingerprint density at radius 1 is 0.307 bits per heavy atom. The quantitative estimate of drug-likeness (QED) is 0.0320. The lowest BCUT2D eigenvalue weighted by Gasteiger charge is -2.20. The first-order chi connectivity index (χ1) is 43.5. The number of carbonyl (C=O) groups excluding carboxylic acids is 2. The van der Waals surface area contributed by atoms with Crippen molar-refractivity contribution in [3.63, 3.8) is 0 Å². The van der Waals surface area contributed by atoms with Gasteiger partial charge in [-0.1, -0.05) is 417 Å². The van der Waals surface area contributed by atoms with Crippen molar-refractivity contribution < 1.29 is 24.5 Å². The average Bonchev–Trinajstić information content (AvgIpc) is 3.58. The molecule has 2 unspecified atom stereocenters. The summed E-state index contributed by atoms with van der Waals surface area (Å²) in [6.45, 7) is 4.97. The van der Waals surface area contributed by atoms with Crippen molar-refractivity contribution in [1.82, 2.24) is 5.32 Å². The van der Waals surface area contributed by atoms with E-state index in [0.717, 1.165) is 38.5 Å². The molecule has 0 aliphatic rings. The number of aliphatic hydroxyl groups is 2. The molecule has 3 N–H and O–H groups in total. The predicted molar refractivity (Wildman–Crippen MR) is 389 cm³/mol. The van der Waals surface area contributed by atoms with Crippen molar-refractivity contribution in [3.8, 4) is 0 Å². The molecule has 0 spiro atoms. The third kappa shape index (κ3) is 73.4. The first-order valence-corrected chi connectivity index (χ1v) is 40.6. The second-order valence-electron chi connectivity index (χ2n) is 28.1. The van der Waals surface area contributed by atoms with Crippen molar-refractivity contribution in [2.24, 2.45) is 0 Å². The Hall–Kier alpha value is -1.66. The zero-order chi connectivity index (χ0) is 63.5. The molecule has 0 bridgehead atoms. The van der Waals surface area contributed by atoms with Gasteiger partial charge >= 0.3 is 5.97 Å². The Kier molecular flexibility index (Phi) is 76.3. The van der Waals surface area contributed by atoms with Crippen LogP contribution in [0.4, 0.5) is 0 Å². The van der Waals surface area contributed by atoms with Gasteiger partial charge in [0, 0.05) is 12.8 Å².